The van der Waals surface area contributed by atoms with Crippen LogP contribution in [0.3, 0.4) is 0 Å². The first-order valence-electron chi connectivity index (χ1n) is 9.15. The Labute approximate surface area is 177 Å². The lowest BCUT2D eigenvalue weighted by Crippen LogP contribution is -2.54. The summed E-state index contributed by atoms with van der Waals surface area (Å²) in [6.07, 6.45) is 3.83. The topological polar surface area (TPSA) is 69.7 Å². The molecule has 0 aliphatic carbocycles. The number of nitrogens with zero attached hydrogens (tertiary/aromatic N) is 2. The Balaban J connectivity index is 1.63. The van der Waals surface area contributed by atoms with Gasteiger partial charge in [-0.3, -0.25) is 14.9 Å². The van der Waals surface area contributed by atoms with E-state index >= 15 is 0 Å². The Bertz CT molecular complexity index is 1030. The zero-order valence-electron chi connectivity index (χ0n) is 15.3. The molecule has 29 heavy (non-hydrogen) atoms. The number of nitrogens with one attached hydrogen (secondary N) is 1. The summed E-state index contributed by atoms with van der Waals surface area (Å²) in [4.78, 5) is 40.6. The molecule has 0 bridgehead atoms. The van der Waals surface area contributed by atoms with Gasteiger partial charge in [0.2, 0.25) is 0 Å². The lowest BCUT2D eigenvalue weighted by molar-refractivity contribution is -0.122. The zero-order chi connectivity index (χ0) is 20.5. The molecule has 4 amide bonds. The summed E-state index contributed by atoms with van der Waals surface area (Å²) in [6.45, 7) is 2.06. The number of benzene rings is 2. The number of rotatable bonds is 3. The van der Waals surface area contributed by atoms with Gasteiger partial charge >= 0.3 is 6.03 Å². The van der Waals surface area contributed by atoms with Crippen LogP contribution in [-0.2, 0) is 9.59 Å². The number of halogens is 2. The lowest BCUT2D eigenvalue weighted by atomic mass is 10.1. The summed E-state index contributed by atoms with van der Waals surface area (Å²) >= 11 is 11.9. The van der Waals surface area contributed by atoms with Crippen molar-refractivity contribution in [1.82, 2.24) is 5.32 Å². The summed E-state index contributed by atoms with van der Waals surface area (Å²) in [5, 5.41) is 2.69. The van der Waals surface area contributed by atoms with Gasteiger partial charge in [-0.1, -0.05) is 35.3 Å². The first kappa shape index (κ1) is 19.5. The highest BCUT2D eigenvalue weighted by atomic mass is 35.5. The van der Waals surface area contributed by atoms with Gasteiger partial charge in [-0.05, 0) is 54.8 Å². The van der Waals surface area contributed by atoms with Crippen LogP contribution in [0.25, 0.3) is 6.08 Å². The minimum Gasteiger partial charge on any atom is -0.372 e. The number of hydrogen-bond donors (Lipinski definition) is 1. The highest BCUT2D eigenvalue weighted by Crippen LogP contribution is 2.29. The number of hydrogen-bond acceptors (Lipinski definition) is 4. The van der Waals surface area contributed by atoms with Crippen molar-refractivity contribution in [2.24, 2.45) is 0 Å². The number of barbiturate groups is 1. The fourth-order valence-electron chi connectivity index (χ4n) is 3.44. The molecule has 2 heterocycles. The van der Waals surface area contributed by atoms with Crippen molar-refractivity contribution in [3.8, 4) is 0 Å². The van der Waals surface area contributed by atoms with E-state index in [2.05, 4.69) is 10.2 Å². The number of imide groups is 2. The Morgan fingerprint density at radius 1 is 0.862 bits per heavy atom. The minimum atomic E-state index is -0.833. The van der Waals surface area contributed by atoms with E-state index in [0.717, 1.165) is 23.7 Å². The summed E-state index contributed by atoms with van der Waals surface area (Å²) in [6, 6.07) is 11.2. The molecule has 2 aliphatic heterocycles. The summed E-state index contributed by atoms with van der Waals surface area (Å²) in [5.74, 6) is -1.46. The number of carbonyl (C=O) groups excluding carboxylic acids is 3. The molecule has 1 N–H and O–H groups in total. The minimum absolute atomic E-state index is 0.135. The van der Waals surface area contributed by atoms with E-state index in [-0.39, 0.29) is 16.3 Å². The molecule has 0 radical (unpaired) electrons. The van der Waals surface area contributed by atoms with Crippen molar-refractivity contribution in [3.05, 3.63) is 63.6 Å². The predicted octanol–water partition coefficient (Wildman–Crippen LogP) is 4.26. The predicted molar refractivity (Wildman–Crippen MR) is 113 cm³/mol. The van der Waals surface area contributed by atoms with Crippen LogP contribution in [0.15, 0.2) is 48.0 Å². The van der Waals surface area contributed by atoms with Gasteiger partial charge in [-0.25, -0.2) is 9.69 Å². The maximum atomic E-state index is 12.9. The third kappa shape index (κ3) is 3.86. The lowest BCUT2D eigenvalue weighted by Gasteiger charge is -2.26. The molecule has 2 aliphatic rings. The quantitative estimate of drug-likeness (QED) is 0.584. The van der Waals surface area contributed by atoms with Crippen molar-refractivity contribution in [3.63, 3.8) is 0 Å². The van der Waals surface area contributed by atoms with E-state index in [1.54, 1.807) is 0 Å². The summed E-state index contributed by atoms with van der Waals surface area (Å²) in [5.41, 5.74) is 1.89. The average Bonchev–Trinajstić information content (AvgIpc) is 3.23. The van der Waals surface area contributed by atoms with E-state index in [9.17, 15) is 14.4 Å². The Morgan fingerprint density at radius 3 is 2.17 bits per heavy atom. The molecule has 2 saturated heterocycles. The van der Waals surface area contributed by atoms with Crippen LogP contribution in [0.5, 0.6) is 0 Å². The standard InChI is InChI=1S/C21H17Cl2N3O3/c22-17-8-7-15(12-18(17)23)26-20(28)16(19(27)24-21(26)29)11-13-3-5-14(6-4-13)25-9-1-2-10-25/h3-8,11-12H,1-2,9-10H2,(H,24,27,29)/b16-11+. The molecule has 0 aromatic heterocycles. The molecule has 0 unspecified atom stereocenters. The van der Waals surface area contributed by atoms with Crippen LogP contribution in [0.1, 0.15) is 18.4 Å². The number of urea groups is 1. The maximum absolute atomic E-state index is 12.9. The van der Waals surface area contributed by atoms with E-state index in [1.165, 1.54) is 37.1 Å². The summed E-state index contributed by atoms with van der Waals surface area (Å²) in [7, 11) is 0. The fourth-order valence-corrected chi connectivity index (χ4v) is 3.73. The van der Waals surface area contributed by atoms with Crippen LogP contribution >= 0.6 is 23.2 Å². The van der Waals surface area contributed by atoms with E-state index in [1.807, 2.05) is 24.3 Å². The van der Waals surface area contributed by atoms with E-state index in [0.29, 0.717) is 10.6 Å². The van der Waals surface area contributed by atoms with Crippen molar-refractivity contribution in [2.45, 2.75) is 12.8 Å². The average molecular weight is 430 g/mol. The Hall–Kier alpha value is -2.83. The van der Waals surface area contributed by atoms with Crippen LogP contribution in [0.4, 0.5) is 16.2 Å². The molecule has 6 nitrogen and oxygen atoms in total. The molecule has 4 rings (SSSR count). The van der Waals surface area contributed by atoms with Gasteiger partial charge < -0.3 is 4.90 Å². The molecular formula is C21H17Cl2N3O3. The molecule has 2 aromatic rings. The fraction of sp³-hybridized carbons (Fsp3) is 0.190. The Kier molecular flexibility index (Phi) is 5.30. The second-order valence-corrected chi connectivity index (χ2v) is 7.66. The van der Waals surface area contributed by atoms with Crippen molar-refractivity contribution in [1.29, 1.82) is 0 Å². The van der Waals surface area contributed by atoms with Gasteiger partial charge in [-0.15, -0.1) is 0 Å². The maximum Gasteiger partial charge on any atom is 0.335 e. The molecular weight excluding hydrogens is 413 g/mol. The molecule has 0 saturated carbocycles. The second-order valence-electron chi connectivity index (χ2n) is 6.84. The molecule has 2 aromatic carbocycles. The molecule has 0 atom stereocenters. The van der Waals surface area contributed by atoms with Crippen LogP contribution < -0.4 is 15.1 Å². The number of carbonyl (C=O) groups is 3. The smallest absolute Gasteiger partial charge is 0.335 e. The monoisotopic (exact) mass is 429 g/mol. The van der Waals surface area contributed by atoms with Crippen molar-refractivity contribution < 1.29 is 14.4 Å². The molecule has 2 fully saturated rings. The molecule has 0 spiro atoms. The normalized spacial score (nSPS) is 18.6. The number of anilines is 2. The van der Waals surface area contributed by atoms with Crippen LogP contribution in [-0.4, -0.2) is 30.9 Å². The second kappa shape index (κ2) is 7.89. The van der Waals surface area contributed by atoms with Crippen molar-refractivity contribution >= 4 is 58.5 Å². The highest BCUT2D eigenvalue weighted by Gasteiger charge is 2.37. The van der Waals surface area contributed by atoms with Crippen molar-refractivity contribution in [2.75, 3.05) is 22.9 Å². The first-order valence-corrected chi connectivity index (χ1v) is 9.91. The first-order chi connectivity index (χ1) is 13.9. The van der Waals surface area contributed by atoms with Gasteiger partial charge in [-0.2, -0.15) is 0 Å². The SMILES string of the molecule is O=C1NC(=O)N(c2ccc(Cl)c(Cl)c2)C(=O)/C1=C/c1ccc(N2CCCC2)cc1. The third-order valence-corrected chi connectivity index (χ3v) is 5.68. The van der Waals surface area contributed by atoms with Gasteiger partial charge in [0.15, 0.2) is 0 Å². The van der Waals surface area contributed by atoms with Crippen LogP contribution in [0.2, 0.25) is 10.0 Å². The largest absolute Gasteiger partial charge is 0.372 e. The van der Waals surface area contributed by atoms with Crippen LogP contribution in [0, 0.1) is 0 Å². The van der Waals surface area contributed by atoms with E-state index < -0.39 is 17.8 Å². The third-order valence-electron chi connectivity index (χ3n) is 4.94. The zero-order valence-corrected chi connectivity index (χ0v) is 16.8. The Morgan fingerprint density at radius 2 is 1.52 bits per heavy atom. The van der Waals surface area contributed by atoms with Gasteiger partial charge in [0, 0.05) is 18.8 Å². The van der Waals surface area contributed by atoms with Gasteiger partial charge in [0.05, 0.1) is 15.7 Å². The highest BCUT2D eigenvalue weighted by molar-refractivity contribution is 6.43. The van der Waals surface area contributed by atoms with E-state index in [4.69, 9.17) is 23.2 Å². The van der Waals surface area contributed by atoms with Gasteiger partial charge in [0.1, 0.15) is 5.57 Å². The van der Waals surface area contributed by atoms with Gasteiger partial charge in [0.25, 0.3) is 11.8 Å². The summed E-state index contributed by atoms with van der Waals surface area (Å²) < 4.78 is 0. The molecule has 8 heteroatoms. The molecule has 148 valence electrons. The number of amides is 4.